The molecule has 1 N–H and O–H groups in total. The number of hydrogen-bond donors (Lipinski definition) is 1. The van der Waals surface area contributed by atoms with Gasteiger partial charge in [-0.15, -0.1) is 0 Å². The summed E-state index contributed by atoms with van der Waals surface area (Å²) in [6, 6.07) is 2.70. The van der Waals surface area contributed by atoms with Crippen LogP contribution in [-0.2, 0) is 4.79 Å². The number of benzene rings is 1. The molecule has 0 spiro atoms. The van der Waals surface area contributed by atoms with Crippen LogP contribution >= 0.6 is 11.6 Å². The number of nitrogens with one attached hydrogen (secondary N) is 1. The number of carbonyl (C=O) groups is 1. The van der Waals surface area contributed by atoms with Crippen molar-refractivity contribution in [1.82, 2.24) is 0 Å². The second kappa shape index (κ2) is 3.60. The van der Waals surface area contributed by atoms with Crippen LogP contribution in [0.4, 0.5) is 15.8 Å². The van der Waals surface area contributed by atoms with Gasteiger partial charge in [-0.05, 0) is 18.4 Å². The zero-order chi connectivity index (χ0) is 12.2. The lowest BCUT2D eigenvalue weighted by Gasteiger charge is -2.34. The van der Waals surface area contributed by atoms with Crippen molar-refractivity contribution in [3.05, 3.63) is 23.0 Å². The molecule has 0 saturated carbocycles. The van der Waals surface area contributed by atoms with Gasteiger partial charge in [-0.1, -0.05) is 18.5 Å². The summed E-state index contributed by atoms with van der Waals surface area (Å²) in [7, 11) is 0. The molecule has 2 aliphatic heterocycles. The minimum Gasteiger partial charge on any atom is -0.358 e. The molecule has 1 aromatic rings. The Labute approximate surface area is 104 Å². The van der Waals surface area contributed by atoms with Gasteiger partial charge < -0.3 is 10.2 Å². The van der Waals surface area contributed by atoms with E-state index in [1.54, 1.807) is 0 Å². The number of fused-ring (bicyclic) bond motifs is 3. The Bertz CT molecular complexity index is 506. The third kappa shape index (κ3) is 1.51. The molecular weight excluding hydrogens is 243 g/mol. The van der Waals surface area contributed by atoms with E-state index in [1.165, 1.54) is 12.1 Å². The van der Waals surface area contributed by atoms with Gasteiger partial charge >= 0.3 is 0 Å². The van der Waals surface area contributed by atoms with E-state index >= 15 is 0 Å². The van der Waals surface area contributed by atoms with E-state index in [1.807, 2.05) is 11.8 Å². The first kappa shape index (κ1) is 10.8. The zero-order valence-corrected chi connectivity index (χ0v) is 10.1. The highest BCUT2D eigenvalue weighted by Gasteiger charge is 2.41. The Morgan fingerprint density at radius 1 is 1.53 bits per heavy atom. The third-order valence-corrected chi connectivity index (χ3v) is 3.86. The van der Waals surface area contributed by atoms with Crippen molar-refractivity contribution in [3.8, 4) is 0 Å². The number of hydrogen-bond acceptors (Lipinski definition) is 2. The van der Waals surface area contributed by atoms with Gasteiger partial charge in [0.2, 0.25) is 5.91 Å². The fourth-order valence-corrected chi connectivity index (χ4v) is 2.86. The van der Waals surface area contributed by atoms with E-state index < -0.39 is 5.82 Å². The van der Waals surface area contributed by atoms with Gasteiger partial charge in [-0.25, -0.2) is 4.39 Å². The molecule has 0 radical (unpaired) electrons. The van der Waals surface area contributed by atoms with Gasteiger partial charge in [0, 0.05) is 12.6 Å². The molecular formula is C12H12ClFN2O. The second-order valence-electron chi connectivity index (χ2n) is 4.68. The largest absolute Gasteiger partial charge is 0.358 e. The zero-order valence-electron chi connectivity index (χ0n) is 9.34. The van der Waals surface area contributed by atoms with Crippen molar-refractivity contribution in [2.45, 2.75) is 19.4 Å². The number of nitrogens with zero attached hydrogens (tertiary/aromatic N) is 1. The van der Waals surface area contributed by atoms with Gasteiger partial charge in [-0.3, -0.25) is 4.79 Å². The minimum atomic E-state index is -0.445. The Morgan fingerprint density at radius 3 is 3.06 bits per heavy atom. The molecule has 1 amide bonds. The molecule has 1 saturated heterocycles. The van der Waals surface area contributed by atoms with Gasteiger partial charge in [0.25, 0.3) is 0 Å². The lowest BCUT2D eigenvalue weighted by Crippen LogP contribution is -2.46. The Balaban J connectivity index is 2.12. The van der Waals surface area contributed by atoms with E-state index in [0.717, 1.165) is 18.7 Å². The summed E-state index contributed by atoms with van der Waals surface area (Å²) in [4.78, 5) is 13.9. The number of anilines is 2. The van der Waals surface area contributed by atoms with Crippen molar-refractivity contribution in [2.24, 2.45) is 5.92 Å². The highest BCUT2D eigenvalue weighted by molar-refractivity contribution is 6.31. The Morgan fingerprint density at radius 2 is 2.29 bits per heavy atom. The van der Waals surface area contributed by atoms with Crippen LogP contribution in [0.25, 0.3) is 0 Å². The van der Waals surface area contributed by atoms with Crippen LogP contribution < -0.4 is 10.2 Å². The highest BCUT2D eigenvalue weighted by Crippen LogP contribution is 2.40. The highest BCUT2D eigenvalue weighted by atomic mass is 35.5. The average molecular weight is 255 g/mol. The molecule has 3 rings (SSSR count). The SMILES string of the molecule is CC1CCN2c3cc(F)c(Cl)cc3NC(=O)C12. The predicted octanol–water partition coefficient (Wildman–Crippen LogP) is 2.65. The van der Waals surface area contributed by atoms with E-state index in [4.69, 9.17) is 11.6 Å². The molecule has 0 bridgehead atoms. The van der Waals surface area contributed by atoms with E-state index in [-0.39, 0.29) is 17.0 Å². The van der Waals surface area contributed by atoms with Gasteiger partial charge in [-0.2, -0.15) is 0 Å². The summed E-state index contributed by atoms with van der Waals surface area (Å²) in [5, 5.41) is 2.83. The predicted molar refractivity (Wildman–Crippen MR) is 65.0 cm³/mol. The van der Waals surface area contributed by atoms with Gasteiger partial charge in [0.1, 0.15) is 11.9 Å². The van der Waals surface area contributed by atoms with E-state index in [9.17, 15) is 9.18 Å². The standard InChI is InChI=1S/C12H12ClFN2O/c1-6-2-3-16-10-5-8(14)7(13)4-9(10)15-12(17)11(6)16/h4-6,11H,2-3H2,1H3,(H,15,17). The molecule has 0 aliphatic carbocycles. The van der Waals surface area contributed by atoms with Crippen LogP contribution in [-0.4, -0.2) is 18.5 Å². The summed E-state index contributed by atoms with van der Waals surface area (Å²) in [6.45, 7) is 2.83. The van der Waals surface area contributed by atoms with E-state index in [2.05, 4.69) is 5.32 Å². The quantitative estimate of drug-likeness (QED) is 0.772. The Hall–Kier alpha value is -1.29. The molecule has 2 heterocycles. The summed E-state index contributed by atoms with van der Waals surface area (Å²) >= 11 is 5.72. The maximum atomic E-state index is 13.5. The van der Waals surface area contributed by atoms with Crippen molar-refractivity contribution < 1.29 is 9.18 Å². The fourth-order valence-electron chi connectivity index (χ4n) is 2.70. The van der Waals surface area contributed by atoms with Gasteiger partial charge in [0.05, 0.1) is 16.4 Å². The first-order chi connectivity index (χ1) is 8.08. The minimum absolute atomic E-state index is 0.0230. The van der Waals surface area contributed by atoms with Crippen LogP contribution in [0.5, 0.6) is 0 Å². The molecule has 0 aromatic heterocycles. The summed E-state index contributed by atoms with van der Waals surface area (Å²) in [5.74, 6) is -0.174. The van der Waals surface area contributed by atoms with Crippen LogP contribution in [0.15, 0.2) is 12.1 Å². The van der Waals surface area contributed by atoms with Crippen LogP contribution in [0.3, 0.4) is 0 Å². The topological polar surface area (TPSA) is 32.3 Å². The first-order valence-corrected chi connectivity index (χ1v) is 6.02. The fraction of sp³-hybridized carbons (Fsp3) is 0.417. The van der Waals surface area contributed by atoms with Crippen molar-refractivity contribution in [1.29, 1.82) is 0 Å². The molecule has 3 nitrogen and oxygen atoms in total. The normalized spacial score (nSPS) is 26.5. The number of carbonyl (C=O) groups excluding carboxylic acids is 1. The third-order valence-electron chi connectivity index (χ3n) is 3.57. The Kier molecular flexibility index (Phi) is 2.30. The average Bonchev–Trinajstić information content (AvgIpc) is 2.65. The second-order valence-corrected chi connectivity index (χ2v) is 5.08. The molecule has 1 aromatic carbocycles. The van der Waals surface area contributed by atoms with Crippen molar-refractivity contribution in [2.75, 3.05) is 16.8 Å². The summed E-state index contributed by atoms with van der Waals surface area (Å²) in [5.41, 5.74) is 1.34. The summed E-state index contributed by atoms with van der Waals surface area (Å²) < 4.78 is 13.5. The number of rotatable bonds is 0. The lowest BCUT2D eigenvalue weighted by molar-refractivity contribution is -0.118. The van der Waals surface area contributed by atoms with E-state index in [0.29, 0.717) is 11.6 Å². The van der Waals surface area contributed by atoms with Crippen molar-refractivity contribution >= 4 is 28.9 Å². The first-order valence-electron chi connectivity index (χ1n) is 5.64. The monoisotopic (exact) mass is 254 g/mol. The lowest BCUT2D eigenvalue weighted by atomic mass is 10.00. The van der Waals surface area contributed by atoms with Crippen molar-refractivity contribution in [3.63, 3.8) is 0 Å². The summed E-state index contributed by atoms with van der Waals surface area (Å²) in [6.07, 6.45) is 0.946. The molecule has 17 heavy (non-hydrogen) atoms. The van der Waals surface area contributed by atoms with Gasteiger partial charge in [0.15, 0.2) is 0 Å². The molecule has 2 aliphatic rings. The molecule has 2 atom stereocenters. The maximum Gasteiger partial charge on any atom is 0.247 e. The van der Waals surface area contributed by atoms with Crippen LogP contribution in [0.1, 0.15) is 13.3 Å². The molecule has 90 valence electrons. The van der Waals surface area contributed by atoms with Crippen LogP contribution in [0.2, 0.25) is 5.02 Å². The van der Waals surface area contributed by atoms with Crippen LogP contribution in [0, 0.1) is 11.7 Å². The smallest absolute Gasteiger partial charge is 0.247 e. The maximum absolute atomic E-state index is 13.5. The molecule has 1 fully saturated rings. The molecule has 5 heteroatoms. The number of halogens is 2. The number of amides is 1. The molecule has 2 unspecified atom stereocenters.